The molecule has 14 heavy (non-hydrogen) atoms. The minimum Gasteiger partial charge on any atom is -0.369 e. The number of nitrogens with two attached hydrogens (primary N) is 1. The van der Waals surface area contributed by atoms with Gasteiger partial charge in [0.1, 0.15) is 0 Å². The molecule has 1 aromatic carbocycles. The summed E-state index contributed by atoms with van der Waals surface area (Å²) in [6.07, 6.45) is 5.04. The molecule has 0 heterocycles. The van der Waals surface area contributed by atoms with E-state index in [9.17, 15) is 4.79 Å². The van der Waals surface area contributed by atoms with Crippen molar-refractivity contribution in [1.82, 2.24) is 0 Å². The Balaban J connectivity index is 2.59. The third-order valence-corrected chi connectivity index (χ3v) is 2.02. The molecular weight excluding hydrogens is 174 g/mol. The van der Waals surface area contributed by atoms with Gasteiger partial charge in [0.15, 0.2) is 0 Å². The molecule has 0 spiro atoms. The summed E-state index contributed by atoms with van der Waals surface area (Å²) in [7, 11) is 0. The second-order valence-electron chi connectivity index (χ2n) is 3.17. The third kappa shape index (κ3) is 3.44. The van der Waals surface area contributed by atoms with Crippen LogP contribution in [0, 0.1) is 0 Å². The second-order valence-corrected chi connectivity index (χ2v) is 3.17. The van der Waals surface area contributed by atoms with Crippen molar-refractivity contribution in [3.8, 4) is 0 Å². The number of primary amides is 1. The molecule has 1 rings (SSSR count). The average molecular weight is 189 g/mol. The van der Waals surface area contributed by atoms with Gasteiger partial charge in [-0.15, -0.1) is 0 Å². The molecule has 1 amide bonds. The van der Waals surface area contributed by atoms with Crippen LogP contribution in [0.2, 0.25) is 0 Å². The zero-order valence-electron chi connectivity index (χ0n) is 8.36. The van der Waals surface area contributed by atoms with Crippen molar-refractivity contribution < 1.29 is 4.79 Å². The van der Waals surface area contributed by atoms with Crippen LogP contribution >= 0.6 is 0 Å². The van der Waals surface area contributed by atoms with Crippen LogP contribution in [-0.4, -0.2) is 5.91 Å². The summed E-state index contributed by atoms with van der Waals surface area (Å²) < 4.78 is 0. The molecule has 2 heteroatoms. The number of carbonyl (C=O) groups is 1. The molecule has 0 atom stereocenters. The van der Waals surface area contributed by atoms with Gasteiger partial charge in [0.25, 0.3) is 0 Å². The van der Waals surface area contributed by atoms with Gasteiger partial charge >= 0.3 is 0 Å². The standard InChI is InChI=1S/C12H15NO/c1-2-10-6-8-11(9-7-10)4-3-5-12(13)14/h3-4,6-9H,2,5H2,1H3,(H2,13,14). The molecule has 0 fully saturated rings. The molecule has 0 aliphatic carbocycles. The zero-order chi connectivity index (χ0) is 10.4. The van der Waals surface area contributed by atoms with E-state index in [1.807, 2.05) is 18.2 Å². The summed E-state index contributed by atoms with van der Waals surface area (Å²) in [6.45, 7) is 2.12. The number of benzene rings is 1. The number of carbonyl (C=O) groups excluding carboxylic acids is 1. The molecule has 1 aromatic rings. The minimum absolute atomic E-state index is 0.300. The van der Waals surface area contributed by atoms with Gasteiger partial charge in [0.2, 0.25) is 5.91 Å². The maximum Gasteiger partial charge on any atom is 0.221 e. The highest BCUT2D eigenvalue weighted by Gasteiger charge is 1.90. The van der Waals surface area contributed by atoms with Crippen LogP contribution < -0.4 is 5.73 Å². The molecule has 0 saturated carbocycles. The van der Waals surface area contributed by atoms with E-state index < -0.39 is 0 Å². The van der Waals surface area contributed by atoms with Gasteiger partial charge in [0.05, 0.1) is 0 Å². The molecule has 0 aliphatic rings. The highest BCUT2D eigenvalue weighted by atomic mass is 16.1. The predicted octanol–water partition coefficient (Wildman–Crippen LogP) is 2.14. The Labute approximate surface area is 84.4 Å². The van der Waals surface area contributed by atoms with E-state index in [0.717, 1.165) is 12.0 Å². The lowest BCUT2D eigenvalue weighted by atomic mass is 10.1. The van der Waals surface area contributed by atoms with E-state index in [1.54, 1.807) is 6.08 Å². The fraction of sp³-hybridized carbons (Fsp3) is 0.250. The summed E-state index contributed by atoms with van der Waals surface area (Å²) in [5, 5.41) is 0. The quantitative estimate of drug-likeness (QED) is 0.774. The fourth-order valence-corrected chi connectivity index (χ4v) is 1.18. The molecule has 0 saturated heterocycles. The summed E-state index contributed by atoms with van der Waals surface area (Å²) in [6, 6.07) is 8.25. The lowest BCUT2D eigenvalue weighted by Gasteiger charge is -1.96. The van der Waals surface area contributed by atoms with Crippen LogP contribution in [0.15, 0.2) is 30.3 Å². The smallest absolute Gasteiger partial charge is 0.221 e. The van der Waals surface area contributed by atoms with Gasteiger partial charge in [-0.05, 0) is 17.5 Å². The van der Waals surface area contributed by atoms with Crippen molar-refractivity contribution in [3.05, 3.63) is 41.5 Å². The van der Waals surface area contributed by atoms with Crippen molar-refractivity contribution in [2.75, 3.05) is 0 Å². The lowest BCUT2D eigenvalue weighted by Crippen LogP contribution is -2.07. The molecule has 2 nitrogen and oxygen atoms in total. The topological polar surface area (TPSA) is 43.1 Å². The van der Waals surface area contributed by atoms with Crippen molar-refractivity contribution in [3.63, 3.8) is 0 Å². The van der Waals surface area contributed by atoms with Gasteiger partial charge < -0.3 is 5.73 Å². The minimum atomic E-state index is -0.300. The highest BCUT2D eigenvalue weighted by molar-refractivity contribution is 5.76. The molecule has 0 aliphatic heterocycles. The van der Waals surface area contributed by atoms with Crippen LogP contribution in [0.4, 0.5) is 0 Å². The summed E-state index contributed by atoms with van der Waals surface area (Å²) in [4.78, 5) is 10.5. The Morgan fingerprint density at radius 1 is 1.36 bits per heavy atom. The maximum atomic E-state index is 10.5. The Bertz CT molecular complexity index is 325. The van der Waals surface area contributed by atoms with E-state index in [0.29, 0.717) is 6.42 Å². The van der Waals surface area contributed by atoms with Crippen LogP contribution in [0.3, 0.4) is 0 Å². The van der Waals surface area contributed by atoms with Gasteiger partial charge in [-0.1, -0.05) is 43.3 Å². The monoisotopic (exact) mass is 189 g/mol. The van der Waals surface area contributed by atoms with E-state index in [-0.39, 0.29) is 5.91 Å². The average Bonchev–Trinajstić information content (AvgIpc) is 2.18. The number of hydrogen-bond acceptors (Lipinski definition) is 1. The van der Waals surface area contributed by atoms with Gasteiger partial charge in [-0.3, -0.25) is 4.79 Å². The molecule has 0 unspecified atom stereocenters. The van der Waals surface area contributed by atoms with Crippen molar-refractivity contribution in [2.45, 2.75) is 19.8 Å². The Morgan fingerprint density at radius 2 is 2.00 bits per heavy atom. The first-order valence-corrected chi connectivity index (χ1v) is 4.76. The lowest BCUT2D eigenvalue weighted by molar-refractivity contribution is -0.117. The van der Waals surface area contributed by atoms with Crippen LogP contribution in [0.5, 0.6) is 0 Å². The van der Waals surface area contributed by atoms with E-state index >= 15 is 0 Å². The number of amides is 1. The molecular formula is C12H15NO. The van der Waals surface area contributed by atoms with E-state index in [4.69, 9.17) is 5.73 Å². The fourth-order valence-electron chi connectivity index (χ4n) is 1.18. The maximum absolute atomic E-state index is 10.5. The highest BCUT2D eigenvalue weighted by Crippen LogP contribution is 2.06. The number of rotatable bonds is 4. The van der Waals surface area contributed by atoms with Crippen molar-refractivity contribution in [1.29, 1.82) is 0 Å². The largest absolute Gasteiger partial charge is 0.369 e. The Kier molecular flexibility index (Phi) is 3.92. The molecule has 2 N–H and O–H groups in total. The summed E-state index contributed by atoms with van der Waals surface area (Å²) in [5.41, 5.74) is 7.43. The predicted molar refractivity (Wildman–Crippen MR) is 58.7 cm³/mol. The first-order chi connectivity index (χ1) is 6.72. The molecule has 0 aromatic heterocycles. The van der Waals surface area contributed by atoms with Crippen molar-refractivity contribution >= 4 is 12.0 Å². The van der Waals surface area contributed by atoms with E-state index in [1.165, 1.54) is 5.56 Å². The molecule has 0 radical (unpaired) electrons. The Morgan fingerprint density at radius 3 is 2.50 bits per heavy atom. The van der Waals surface area contributed by atoms with Gasteiger partial charge in [0, 0.05) is 6.42 Å². The first-order valence-electron chi connectivity index (χ1n) is 4.76. The molecule has 74 valence electrons. The van der Waals surface area contributed by atoms with Crippen molar-refractivity contribution in [2.24, 2.45) is 5.73 Å². The van der Waals surface area contributed by atoms with Gasteiger partial charge in [-0.25, -0.2) is 0 Å². The SMILES string of the molecule is CCc1ccc(C=CCC(N)=O)cc1. The van der Waals surface area contributed by atoms with Crippen LogP contribution in [0.1, 0.15) is 24.5 Å². The normalized spacial score (nSPS) is 10.6. The number of aryl methyl sites for hydroxylation is 1. The number of hydrogen-bond donors (Lipinski definition) is 1. The molecule has 0 bridgehead atoms. The second kappa shape index (κ2) is 5.22. The van der Waals surface area contributed by atoms with Crippen LogP contribution in [0.25, 0.3) is 6.08 Å². The third-order valence-electron chi connectivity index (χ3n) is 2.02. The van der Waals surface area contributed by atoms with Crippen LogP contribution in [-0.2, 0) is 11.2 Å². The summed E-state index contributed by atoms with van der Waals surface area (Å²) in [5.74, 6) is -0.300. The summed E-state index contributed by atoms with van der Waals surface area (Å²) >= 11 is 0. The first kappa shape index (κ1) is 10.5. The van der Waals surface area contributed by atoms with E-state index in [2.05, 4.69) is 19.1 Å². The Hall–Kier alpha value is -1.57. The van der Waals surface area contributed by atoms with Gasteiger partial charge in [-0.2, -0.15) is 0 Å². The zero-order valence-corrected chi connectivity index (χ0v) is 8.36.